The van der Waals surface area contributed by atoms with Crippen molar-refractivity contribution in [2.75, 3.05) is 14.2 Å². The molecule has 2 aromatic rings. The number of carboxylic acids is 1. The highest BCUT2D eigenvalue weighted by molar-refractivity contribution is 5.87. The number of aryl methyl sites for hydroxylation is 1. The van der Waals surface area contributed by atoms with E-state index in [-0.39, 0.29) is 18.1 Å². The van der Waals surface area contributed by atoms with Crippen molar-refractivity contribution >= 4 is 5.97 Å². The van der Waals surface area contributed by atoms with Crippen LogP contribution in [0, 0.1) is 5.82 Å². The van der Waals surface area contributed by atoms with Crippen LogP contribution in [0.5, 0.6) is 5.75 Å². The normalized spacial score (nSPS) is 10.7. The van der Waals surface area contributed by atoms with Gasteiger partial charge in [0.05, 0.1) is 19.4 Å². The standard InChI is InChI=1S/C14H15FN2O4/c1-17-12(6-11(16-17)14(18)19)9-5-10(15)13(21-3)4-8(9)7-20-2/h4-6H,7H2,1-3H3,(H,18,19). The summed E-state index contributed by atoms with van der Waals surface area (Å²) in [4.78, 5) is 11.0. The number of rotatable bonds is 5. The molecule has 0 spiro atoms. The summed E-state index contributed by atoms with van der Waals surface area (Å²) in [6, 6.07) is 4.21. The van der Waals surface area contributed by atoms with Crippen molar-refractivity contribution in [1.29, 1.82) is 0 Å². The molecular formula is C14H15FN2O4. The number of hydrogen-bond acceptors (Lipinski definition) is 4. The third-order valence-corrected chi connectivity index (χ3v) is 3.05. The first-order valence-electron chi connectivity index (χ1n) is 6.11. The number of carbonyl (C=O) groups is 1. The maximum Gasteiger partial charge on any atom is 0.356 e. The lowest BCUT2D eigenvalue weighted by Crippen LogP contribution is -2.01. The maximum atomic E-state index is 13.9. The summed E-state index contributed by atoms with van der Waals surface area (Å²) in [6.45, 7) is 0.236. The van der Waals surface area contributed by atoms with Crippen molar-refractivity contribution in [2.45, 2.75) is 6.61 Å². The van der Waals surface area contributed by atoms with Gasteiger partial charge in [0.15, 0.2) is 17.3 Å². The summed E-state index contributed by atoms with van der Waals surface area (Å²) in [5.74, 6) is -1.57. The van der Waals surface area contributed by atoms with E-state index in [9.17, 15) is 9.18 Å². The van der Waals surface area contributed by atoms with Gasteiger partial charge in [-0.1, -0.05) is 0 Å². The Morgan fingerprint density at radius 2 is 2.10 bits per heavy atom. The largest absolute Gasteiger partial charge is 0.494 e. The van der Waals surface area contributed by atoms with Gasteiger partial charge in [-0.25, -0.2) is 9.18 Å². The minimum Gasteiger partial charge on any atom is -0.494 e. The van der Waals surface area contributed by atoms with Crippen LogP contribution in [-0.2, 0) is 18.4 Å². The molecule has 112 valence electrons. The number of nitrogens with zero attached hydrogens (tertiary/aromatic N) is 2. The lowest BCUT2D eigenvalue weighted by atomic mass is 10.0. The Morgan fingerprint density at radius 1 is 1.38 bits per heavy atom. The molecule has 2 rings (SSSR count). The molecule has 1 heterocycles. The number of aromatic carboxylic acids is 1. The number of aromatic nitrogens is 2. The molecule has 7 heteroatoms. The van der Waals surface area contributed by atoms with E-state index in [4.69, 9.17) is 14.6 Å². The van der Waals surface area contributed by atoms with Crippen LogP contribution in [0.2, 0.25) is 0 Å². The molecule has 0 bridgehead atoms. The van der Waals surface area contributed by atoms with Crippen molar-refractivity contribution in [3.05, 3.63) is 35.3 Å². The third-order valence-electron chi connectivity index (χ3n) is 3.05. The SMILES string of the molecule is COCc1cc(OC)c(F)cc1-c1cc(C(=O)O)nn1C. The van der Waals surface area contributed by atoms with Crippen molar-refractivity contribution in [2.24, 2.45) is 7.05 Å². The second-order valence-electron chi connectivity index (χ2n) is 4.42. The lowest BCUT2D eigenvalue weighted by Gasteiger charge is -2.12. The first kappa shape index (κ1) is 15.0. The predicted octanol–water partition coefficient (Wildman–Crippen LogP) is 2.08. The fraction of sp³-hybridized carbons (Fsp3) is 0.286. The Morgan fingerprint density at radius 3 is 2.62 bits per heavy atom. The average Bonchev–Trinajstić information content (AvgIpc) is 2.83. The summed E-state index contributed by atoms with van der Waals surface area (Å²) in [7, 11) is 4.49. The third kappa shape index (κ3) is 2.87. The van der Waals surface area contributed by atoms with E-state index in [2.05, 4.69) is 5.10 Å². The van der Waals surface area contributed by atoms with Gasteiger partial charge in [0.25, 0.3) is 0 Å². The molecule has 0 aliphatic rings. The van der Waals surface area contributed by atoms with Crippen molar-refractivity contribution in [3.63, 3.8) is 0 Å². The topological polar surface area (TPSA) is 73.6 Å². The van der Waals surface area contributed by atoms with Crippen molar-refractivity contribution in [3.8, 4) is 17.0 Å². The minimum absolute atomic E-state index is 0.103. The summed E-state index contributed by atoms with van der Waals surface area (Å²) in [5, 5.41) is 12.9. The highest BCUT2D eigenvalue weighted by atomic mass is 19.1. The van der Waals surface area contributed by atoms with Gasteiger partial charge in [-0.2, -0.15) is 5.10 Å². The molecule has 0 fully saturated rings. The van der Waals surface area contributed by atoms with E-state index >= 15 is 0 Å². The fourth-order valence-electron chi connectivity index (χ4n) is 2.09. The Hall–Kier alpha value is -2.41. The van der Waals surface area contributed by atoms with Gasteiger partial charge in [0.2, 0.25) is 0 Å². The monoisotopic (exact) mass is 294 g/mol. The summed E-state index contributed by atoms with van der Waals surface area (Å²) in [6.07, 6.45) is 0. The predicted molar refractivity (Wildman–Crippen MR) is 72.8 cm³/mol. The summed E-state index contributed by atoms with van der Waals surface area (Å²) >= 11 is 0. The summed E-state index contributed by atoms with van der Waals surface area (Å²) < 4.78 is 25.4. The zero-order chi connectivity index (χ0) is 15.6. The molecule has 0 atom stereocenters. The zero-order valence-corrected chi connectivity index (χ0v) is 11.9. The molecule has 0 aliphatic carbocycles. The fourth-order valence-corrected chi connectivity index (χ4v) is 2.09. The van der Waals surface area contributed by atoms with Gasteiger partial charge in [-0.15, -0.1) is 0 Å². The van der Waals surface area contributed by atoms with E-state index < -0.39 is 11.8 Å². The summed E-state index contributed by atoms with van der Waals surface area (Å²) in [5.41, 5.74) is 1.57. The molecule has 0 saturated carbocycles. The van der Waals surface area contributed by atoms with Gasteiger partial charge >= 0.3 is 5.97 Å². The number of hydrogen-bond donors (Lipinski definition) is 1. The van der Waals surface area contributed by atoms with E-state index in [1.807, 2.05) is 0 Å². The zero-order valence-electron chi connectivity index (χ0n) is 11.9. The highest BCUT2D eigenvalue weighted by Crippen LogP contribution is 2.30. The smallest absolute Gasteiger partial charge is 0.356 e. The van der Waals surface area contributed by atoms with Crippen LogP contribution >= 0.6 is 0 Å². The Balaban J connectivity index is 2.61. The molecule has 6 nitrogen and oxygen atoms in total. The van der Waals surface area contributed by atoms with Crippen LogP contribution in [0.4, 0.5) is 4.39 Å². The van der Waals surface area contributed by atoms with Crippen LogP contribution in [0.3, 0.4) is 0 Å². The van der Waals surface area contributed by atoms with Crippen molar-refractivity contribution < 1.29 is 23.8 Å². The quantitative estimate of drug-likeness (QED) is 0.914. The lowest BCUT2D eigenvalue weighted by molar-refractivity contribution is 0.0689. The Labute approximate surface area is 120 Å². The second kappa shape index (κ2) is 5.92. The van der Waals surface area contributed by atoms with E-state index in [0.29, 0.717) is 16.8 Å². The molecule has 1 aromatic heterocycles. The number of carboxylic acid groups (broad SMARTS) is 1. The Kier molecular flexibility index (Phi) is 4.23. The molecule has 0 radical (unpaired) electrons. The molecule has 1 aromatic carbocycles. The van der Waals surface area contributed by atoms with E-state index in [0.717, 1.165) is 0 Å². The molecule has 0 unspecified atom stereocenters. The minimum atomic E-state index is -1.14. The first-order valence-corrected chi connectivity index (χ1v) is 6.11. The second-order valence-corrected chi connectivity index (χ2v) is 4.42. The molecule has 0 amide bonds. The van der Waals surface area contributed by atoms with Gasteiger partial charge in [-0.3, -0.25) is 4.68 Å². The van der Waals surface area contributed by atoms with Crippen LogP contribution in [0.1, 0.15) is 16.1 Å². The van der Waals surface area contributed by atoms with E-state index in [1.54, 1.807) is 7.05 Å². The van der Waals surface area contributed by atoms with Crippen molar-refractivity contribution in [1.82, 2.24) is 9.78 Å². The Bertz CT molecular complexity index is 682. The molecule has 0 aliphatic heterocycles. The maximum absolute atomic E-state index is 13.9. The van der Waals surface area contributed by atoms with Gasteiger partial charge < -0.3 is 14.6 Å². The van der Waals surface area contributed by atoms with Gasteiger partial charge in [0.1, 0.15) is 0 Å². The van der Waals surface area contributed by atoms with Crippen LogP contribution in [0.15, 0.2) is 18.2 Å². The van der Waals surface area contributed by atoms with E-state index in [1.165, 1.54) is 37.1 Å². The van der Waals surface area contributed by atoms with Crippen LogP contribution in [0.25, 0.3) is 11.3 Å². The molecule has 21 heavy (non-hydrogen) atoms. The first-order chi connectivity index (χ1) is 9.97. The van der Waals surface area contributed by atoms with Gasteiger partial charge in [0, 0.05) is 19.7 Å². The highest BCUT2D eigenvalue weighted by Gasteiger charge is 2.18. The number of ether oxygens (including phenoxy) is 2. The average molecular weight is 294 g/mol. The van der Waals surface area contributed by atoms with Crippen LogP contribution < -0.4 is 4.74 Å². The molecule has 0 saturated heterocycles. The molecule has 1 N–H and O–H groups in total. The van der Waals surface area contributed by atoms with Gasteiger partial charge in [-0.05, 0) is 23.8 Å². The number of methoxy groups -OCH3 is 2. The van der Waals surface area contributed by atoms with Crippen LogP contribution in [-0.4, -0.2) is 35.1 Å². The number of halogens is 1. The molecular weight excluding hydrogens is 279 g/mol. The number of benzene rings is 1.